The van der Waals surface area contributed by atoms with Crippen LogP contribution in [0.3, 0.4) is 0 Å². The van der Waals surface area contributed by atoms with Crippen LogP contribution in [-0.4, -0.2) is 56.4 Å². The van der Waals surface area contributed by atoms with Crippen molar-refractivity contribution in [3.05, 3.63) is 23.3 Å². The molecule has 4 nitrogen and oxygen atoms in total. The van der Waals surface area contributed by atoms with E-state index in [0.717, 1.165) is 12.8 Å². The maximum Gasteiger partial charge on any atom is 0.0700 e. The molecule has 2 aromatic carbocycles. The summed E-state index contributed by atoms with van der Waals surface area (Å²) in [5.74, 6) is 0. The smallest absolute Gasteiger partial charge is 0.0700 e. The van der Waals surface area contributed by atoms with Crippen LogP contribution in [0.25, 0.3) is 10.8 Å². The Bertz CT molecular complexity index is 726. The predicted molar refractivity (Wildman–Crippen MR) is 109 cm³/mol. The van der Waals surface area contributed by atoms with Crippen molar-refractivity contribution in [2.24, 2.45) is 0 Å². The van der Waals surface area contributed by atoms with Crippen LogP contribution >= 0.6 is 0 Å². The highest BCUT2D eigenvalue weighted by atomic mass is 15.2. The molecule has 4 heteroatoms. The summed E-state index contributed by atoms with van der Waals surface area (Å²) < 4.78 is 0. The van der Waals surface area contributed by atoms with E-state index in [2.05, 4.69) is 88.1 Å². The molecule has 3 rings (SSSR count). The monoisotopic (exact) mass is 326 g/mol. The van der Waals surface area contributed by atoms with Gasteiger partial charge in [0.15, 0.2) is 0 Å². The van der Waals surface area contributed by atoms with Crippen LogP contribution in [0.2, 0.25) is 0 Å². The van der Waals surface area contributed by atoms with Gasteiger partial charge in [-0.2, -0.15) is 0 Å². The third-order valence-corrected chi connectivity index (χ3v) is 4.99. The predicted octanol–water partition coefficient (Wildman–Crippen LogP) is 3.20. The summed E-state index contributed by atoms with van der Waals surface area (Å²) in [6.45, 7) is 0. The summed E-state index contributed by atoms with van der Waals surface area (Å²) in [5.41, 5.74) is 8.21. The highest BCUT2D eigenvalue weighted by Gasteiger charge is 2.26. The van der Waals surface area contributed by atoms with Gasteiger partial charge < -0.3 is 19.6 Å². The largest absolute Gasteiger partial charge is 0.376 e. The molecule has 130 valence electrons. The fourth-order valence-corrected chi connectivity index (χ4v) is 3.99. The molecule has 2 aromatic rings. The number of aryl methyl sites for hydroxylation is 2. The van der Waals surface area contributed by atoms with E-state index in [1.54, 1.807) is 0 Å². The molecule has 0 radical (unpaired) electrons. The van der Waals surface area contributed by atoms with Crippen LogP contribution in [0.4, 0.5) is 22.7 Å². The van der Waals surface area contributed by atoms with Gasteiger partial charge in [-0.05, 0) is 41.5 Å². The summed E-state index contributed by atoms with van der Waals surface area (Å²) in [4.78, 5) is 9.02. The normalized spacial score (nSPS) is 12.7. The van der Waals surface area contributed by atoms with E-state index in [4.69, 9.17) is 0 Å². The van der Waals surface area contributed by atoms with Gasteiger partial charge in [0.2, 0.25) is 0 Å². The molecule has 24 heavy (non-hydrogen) atoms. The minimum atomic E-state index is 1.14. The van der Waals surface area contributed by atoms with E-state index in [0.29, 0.717) is 0 Å². The lowest BCUT2D eigenvalue weighted by Crippen LogP contribution is -2.21. The first-order chi connectivity index (χ1) is 11.2. The summed E-state index contributed by atoms with van der Waals surface area (Å²) in [6.07, 6.45) is 2.29. The Balaban J connectivity index is 2.57. The van der Waals surface area contributed by atoms with Gasteiger partial charge >= 0.3 is 0 Å². The zero-order valence-electron chi connectivity index (χ0n) is 16.4. The zero-order chi connectivity index (χ0) is 17.8. The number of nitrogens with zero attached hydrogens (tertiary/aromatic N) is 4. The van der Waals surface area contributed by atoms with Gasteiger partial charge in [0.25, 0.3) is 0 Å². The Morgan fingerprint density at radius 1 is 0.542 bits per heavy atom. The van der Waals surface area contributed by atoms with Crippen molar-refractivity contribution in [2.75, 3.05) is 76.0 Å². The minimum absolute atomic E-state index is 1.14. The molecule has 0 N–H and O–H groups in total. The van der Waals surface area contributed by atoms with Crippen LogP contribution in [0.1, 0.15) is 11.1 Å². The van der Waals surface area contributed by atoms with Crippen LogP contribution in [0, 0.1) is 0 Å². The van der Waals surface area contributed by atoms with E-state index < -0.39 is 0 Å². The van der Waals surface area contributed by atoms with Crippen LogP contribution in [0.5, 0.6) is 0 Å². The fraction of sp³-hybridized carbons (Fsp3) is 0.500. The Morgan fingerprint density at radius 3 is 1.21 bits per heavy atom. The third kappa shape index (κ3) is 2.36. The van der Waals surface area contributed by atoms with Gasteiger partial charge in [0.1, 0.15) is 0 Å². The van der Waals surface area contributed by atoms with Crippen molar-refractivity contribution in [3.63, 3.8) is 0 Å². The van der Waals surface area contributed by atoms with E-state index in [1.165, 1.54) is 44.6 Å². The summed E-state index contributed by atoms with van der Waals surface area (Å²) >= 11 is 0. The second-order valence-corrected chi connectivity index (χ2v) is 7.63. The third-order valence-electron chi connectivity index (χ3n) is 4.99. The second-order valence-electron chi connectivity index (χ2n) is 7.63. The van der Waals surface area contributed by atoms with Gasteiger partial charge in [-0.15, -0.1) is 0 Å². The highest BCUT2D eigenvalue weighted by Crippen LogP contribution is 2.49. The Hall–Kier alpha value is -2.10. The van der Waals surface area contributed by atoms with Crippen molar-refractivity contribution in [2.45, 2.75) is 12.8 Å². The average Bonchev–Trinajstić information content (AvgIpc) is 2.89. The first-order valence-electron chi connectivity index (χ1n) is 8.58. The molecule has 0 atom stereocenters. The van der Waals surface area contributed by atoms with Gasteiger partial charge in [-0.1, -0.05) is 0 Å². The number of hydrogen-bond acceptors (Lipinski definition) is 4. The second kappa shape index (κ2) is 5.76. The van der Waals surface area contributed by atoms with Crippen molar-refractivity contribution in [1.29, 1.82) is 0 Å². The van der Waals surface area contributed by atoms with E-state index in [1.807, 2.05) is 0 Å². The molecule has 0 spiro atoms. The SMILES string of the molecule is CN(C)c1cc2c3c(cc(N(C)C)c(N(C)C)c3c1N(C)C)CC2. The molecule has 0 unspecified atom stereocenters. The van der Waals surface area contributed by atoms with Crippen LogP contribution < -0.4 is 19.6 Å². The topological polar surface area (TPSA) is 13.0 Å². The molecule has 0 aromatic heterocycles. The Labute approximate surface area is 146 Å². The molecular weight excluding hydrogens is 296 g/mol. The lowest BCUT2D eigenvalue weighted by molar-refractivity contribution is 1.01. The number of benzene rings is 2. The molecule has 0 fully saturated rings. The molecule has 0 saturated carbocycles. The molecule has 1 aliphatic rings. The molecule has 0 amide bonds. The van der Waals surface area contributed by atoms with E-state index in [-0.39, 0.29) is 0 Å². The molecular formula is C20H30N4. The Kier molecular flexibility index (Phi) is 4.02. The molecule has 0 saturated heterocycles. The minimum Gasteiger partial charge on any atom is -0.376 e. The number of anilines is 4. The molecule has 0 aliphatic heterocycles. The van der Waals surface area contributed by atoms with Crippen molar-refractivity contribution in [3.8, 4) is 0 Å². The maximum absolute atomic E-state index is 2.39. The molecule has 1 aliphatic carbocycles. The van der Waals surface area contributed by atoms with E-state index in [9.17, 15) is 0 Å². The fourth-order valence-electron chi connectivity index (χ4n) is 3.99. The van der Waals surface area contributed by atoms with Crippen molar-refractivity contribution in [1.82, 2.24) is 0 Å². The van der Waals surface area contributed by atoms with Gasteiger partial charge in [0.05, 0.1) is 22.7 Å². The number of rotatable bonds is 4. The molecule has 0 heterocycles. The first kappa shape index (κ1) is 16.7. The van der Waals surface area contributed by atoms with E-state index >= 15 is 0 Å². The summed E-state index contributed by atoms with van der Waals surface area (Å²) in [7, 11) is 17.2. The maximum atomic E-state index is 2.39. The average molecular weight is 326 g/mol. The molecule has 0 bridgehead atoms. The lowest BCUT2D eigenvalue weighted by Gasteiger charge is -2.31. The van der Waals surface area contributed by atoms with Gasteiger partial charge in [-0.3, -0.25) is 0 Å². The summed E-state index contributed by atoms with van der Waals surface area (Å²) in [6, 6.07) is 4.78. The van der Waals surface area contributed by atoms with Crippen LogP contribution in [-0.2, 0) is 12.8 Å². The van der Waals surface area contributed by atoms with Crippen LogP contribution in [0.15, 0.2) is 12.1 Å². The lowest BCUT2D eigenvalue weighted by atomic mass is 9.97. The van der Waals surface area contributed by atoms with Gasteiger partial charge in [-0.25, -0.2) is 0 Å². The Morgan fingerprint density at radius 2 is 0.917 bits per heavy atom. The number of hydrogen-bond donors (Lipinski definition) is 0. The highest BCUT2D eigenvalue weighted by molar-refractivity contribution is 6.15. The van der Waals surface area contributed by atoms with Crippen molar-refractivity contribution < 1.29 is 0 Å². The summed E-state index contributed by atoms with van der Waals surface area (Å²) in [5, 5.41) is 2.86. The standard InChI is InChI=1S/C20H30N4/c1-21(2)15-11-13-9-10-14-12-16(22(3)4)20(24(7)8)18(17(13)14)19(15)23(5)6/h11-12H,9-10H2,1-8H3. The zero-order valence-corrected chi connectivity index (χ0v) is 16.4. The quantitative estimate of drug-likeness (QED) is 0.855. The van der Waals surface area contributed by atoms with Gasteiger partial charge in [0, 0.05) is 61.8 Å². The first-order valence-corrected chi connectivity index (χ1v) is 8.58. The van der Waals surface area contributed by atoms with Crippen molar-refractivity contribution >= 4 is 33.5 Å².